The molecule has 0 spiro atoms. The van der Waals surface area contributed by atoms with Crippen LogP contribution >= 0.6 is 11.6 Å². The number of aromatic nitrogens is 1. The van der Waals surface area contributed by atoms with Crippen LogP contribution in [0, 0.1) is 0 Å². The lowest BCUT2D eigenvalue weighted by Gasteiger charge is -2.25. The summed E-state index contributed by atoms with van der Waals surface area (Å²) in [5.41, 5.74) is 1.29. The van der Waals surface area contributed by atoms with Crippen molar-refractivity contribution in [3.63, 3.8) is 0 Å². The van der Waals surface area contributed by atoms with Gasteiger partial charge in [0, 0.05) is 17.4 Å². The first-order chi connectivity index (χ1) is 6.08. The molecule has 0 N–H and O–H groups in total. The van der Waals surface area contributed by atoms with Crippen LogP contribution in [0.3, 0.4) is 0 Å². The number of rotatable bonds is 3. The highest BCUT2D eigenvalue weighted by Crippen LogP contribution is 2.32. The molecular formula is C11H16ClN. The lowest BCUT2D eigenvalue weighted by molar-refractivity contribution is 0.472. The maximum absolute atomic E-state index is 6.10. The molecule has 1 nitrogen and oxygen atoms in total. The van der Waals surface area contributed by atoms with Crippen LogP contribution in [-0.4, -0.2) is 4.98 Å². The molecule has 0 bridgehead atoms. The second-order valence-electron chi connectivity index (χ2n) is 3.99. The van der Waals surface area contributed by atoms with Crippen molar-refractivity contribution in [1.29, 1.82) is 0 Å². The normalized spacial score (nSPS) is 11.7. The van der Waals surface area contributed by atoms with Crippen molar-refractivity contribution >= 4 is 11.6 Å². The minimum atomic E-state index is 0.139. The molecule has 1 aromatic heterocycles. The van der Waals surface area contributed by atoms with Gasteiger partial charge in [-0.2, -0.15) is 0 Å². The van der Waals surface area contributed by atoms with Gasteiger partial charge in [-0.3, -0.25) is 4.98 Å². The molecule has 0 aliphatic carbocycles. The molecule has 0 saturated carbocycles. The highest BCUT2D eigenvalue weighted by atomic mass is 35.5. The molecule has 1 rings (SSSR count). The summed E-state index contributed by atoms with van der Waals surface area (Å²) in [5.74, 6) is 0. The van der Waals surface area contributed by atoms with Crippen molar-refractivity contribution < 1.29 is 0 Å². The van der Waals surface area contributed by atoms with Crippen molar-refractivity contribution in [3.8, 4) is 0 Å². The van der Waals surface area contributed by atoms with E-state index in [1.165, 1.54) is 0 Å². The molecule has 0 saturated heterocycles. The van der Waals surface area contributed by atoms with Crippen LogP contribution in [0.4, 0.5) is 0 Å². The molecule has 1 aromatic rings. The van der Waals surface area contributed by atoms with Gasteiger partial charge in [0.15, 0.2) is 0 Å². The Morgan fingerprint density at radius 2 is 2.15 bits per heavy atom. The molecule has 13 heavy (non-hydrogen) atoms. The fourth-order valence-corrected chi connectivity index (χ4v) is 2.00. The monoisotopic (exact) mass is 197 g/mol. The molecule has 0 fully saturated rings. The summed E-state index contributed by atoms with van der Waals surface area (Å²) in [7, 11) is 0. The standard InChI is InChI=1S/C11H16ClN/c1-4-6-11(2,3)9-8-13-7-5-10(9)12/h5,7-8H,4,6H2,1-3H3. The van der Waals surface area contributed by atoms with E-state index in [2.05, 4.69) is 25.8 Å². The van der Waals surface area contributed by atoms with Gasteiger partial charge in [0.25, 0.3) is 0 Å². The molecule has 0 atom stereocenters. The summed E-state index contributed by atoms with van der Waals surface area (Å²) in [6.45, 7) is 6.60. The molecule has 0 aromatic carbocycles. The molecule has 1 heterocycles. The average molecular weight is 198 g/mol. The Morgan fingerprint density at radius 1 is 1.46 bits per heavy atom. The Bertz CT molecular complexity index is 281. The average Bonchev–Trinajstić information content (AvgIpc) is 2.04. The summed E-state index contributed by atoms with van der Waals surface area (Å²) in [5, 5.41) is 0.827. The van der Waals surface area contributed by atoms with Gasteiger partial charge >= 0.3 is 0 Å². The van der Waals surface area contributed by atoms with E-state index in [-0.39, 0.29) is 5.41 Å². The van der Waals surface area contributed by atoms with Crippen LogP contribution in [0.25, 0.3) is 0 Å². The van der Waals surface area contributed by atoms with Crippen LogP contribution in [0.1, 0.15) is 39.2 Å². The molecule has 2 heteroatoms. The summed E-state index contributed by atoms with van der Waals surface area (Å²) in [4.78, 5) is 4.11. The molecule has 0 unspecified atom stereocenters. The Hall–Kier alpha value is -0.560. The first-order valence-corrected chi connectivity index (χ1v) is 5.05. The Labute approximate surface area is 85.1 Å². The smallest absolute Gasteiger partial charge is 0.0474 e. The van der Waals surface area contributed by atoms with Crippen molar-refractivity contribution in [3.05, 3.63) is 29.0 Å². The number of pyridine rings is 1. The van der Waals surface area contributed by atoms with Crippen LogP contribution in [0.5, 0.6) is 0 Å². The number of halogens is 1. The SMILES string of the molecule is CCCC(C)(C)c1cnccc1Cl. The minimum absolute atomic E-state index is 0.139. The summed E-state index contributed by atoms with van der Waals surface area (Å²) in [6, 6.07) is 1.86. The van der Waals surface area contributed by atoms with E-state index in [0.29, 0.717) is 0 Å². The summed E-state index contributed by atoms with van der Waals surface area (Å²) in [6.07, 6.45) is 5.91. The van der Waals surface area contributed by atoms with E-state index in [1.54, 1.807) is 6.20 Å². The quantitative estimate of drug-likeness (QED) is 0.718. The highest BCUT2D eigenvalue weighted by molar-refractivity contribution is 6.31. The zero-order valence-electron chi connectivity index (χ0n) is 8.47. The third-order valence-electron chi connectivity index (χ3n) is 2.37. The second-order valence-corrected chi connectivity index (χ2v) is 4.40. The lowest BCUT2D eigenvalue weighted by Crippen LogP contribution is -2.17. The predicted octanol–water partition coefficient (Wildman–Crippen LogP) is 3.81. The van der Waals surface area contributed by atoms with Crippen LogP contribution in [0.2, 0.25) is 5.02 Å². The number of hydrogen-bond acceptors (Lipinski definition) is 1. The maximum Gasteiger partial charge on any atom is 0.0474 e. The fourth-order valence-electron chi connectivity index (χ4n) is 1.64. The first-order valence-electron chi connectivity index (χ1n) is 4.68. The lowest BCUT2D eigenvalue weighted by atomic mass is 9.81. The highest BCUT2D eigenvalue weighted by Gasteiger charge is 2.21. The van der Waals surface area contributed by atoms with E-state index in [9.17, 15) is 0 Å². The van der Waals surface area contributed by atoms with E-state index in [1.807, 2.05) is 12.3 Å². The number of nitrogens with zero attached hydrogens (tertiary/aromatic N) is 1. The van der Waals surface area contributed by atoms with E-state index in [4.69, 9.17) is 11.6 Å². The minimum Gasteiger partial charge on any atom is -0.264 e. The molecule has 0 aliphatic heterocycles. The third kappa shape index (κ3) is 2.44. The van der Waals surface area contributed by atoms with Gasteiger partial charge in [-0.25, -0.2) is 0 Å². The van der Waals surface area contributed by atoms with E-state index >= 15 is 0 Å². The van der Waals surface area contributed by atoms with Crippen molar-refractivity contribution in [2.24, 2.45) is 0 Å². The summed E-state index contributed by atoms with van der Waals surface area (Å²) >= 11 is 6.10. The molecule has 0 radical (unpaired) electrons. The summed E-state index contributed by atoms with van der Waals surface area (Å²) < 4.78 is 0. The Balaban J connectivity index is 2.99. The van der Waals surface area contributed by atoms with Gasteiger partial charge in [-0.15, -0.1) is 0 Å². The Morgan fingerprint density at radius 3 is 2.69 bits per heavy atom. The van der Waals surface area contributed by atoms with Gasteiger partial charge < -0.3 is 0 Å². The molecule has 0 amide bonds. The van der Waals surface area contributed by atoms with Gasteiger partial charge in [-0.05, 0) is 23.5 Å². The van der Waals surface area contributed by atoms with Crippen LogP contribution in [0.15, 0.2) is 18.5 Å². The van der Waals surface area contributed by atoms with Crippen molar-refractivity contribution in [1.82, 2.24) is 4.98 Å². The second kappa shape index (κ2) is 4.10. The van der Waals surface area contributed by atoms with Crippen LogP contribution < -0.4 is 0 Å². The van der Waals surface area contributed by atoms with Crippen LogP contribution in [-0.2, 0) is 5.41 Å². The van der Waals surface area contributed by atoms with E-state index < -0.39 is 0 Å². The maximum atomic E-state index is 6.10. The third-order valence-corrected chi connectivity index (χ3v) is 2.70. The number of hydrogen-bond donors (Lipinski definition) is 0. The van der Waals surface area contributed by atoms with E-state index in [0.717, 1.165) is 23.4 Å². The van der Waals surface area contributed by atoms with Gasteiger partial charge in [0.2, 0.25) is 0 Å². The predicted molar refractivity (Wildman–Crippen MR) is 57.2 cm³/mol. The largest absolute Gasteiger partial charge is 0.264 e. The van der Waals surface area contributed by atoms with Gasteiger partial charge in [-0.1, -0.05) is 38.8 Å². The molecular weight excluding hydrogens is 182 g/mol. The van der Waals surface area contributed by atoms with Gasteiger partial charge in [0.1, 0.15) is 0 Å². The van der Waals surface area contributed by atoms with Crippen molar-refractivity contribution in [2.75, 3.05) is 0 Å². The zero-order valence-corrected chi connectivity index (χ0v) is 9.23. The van der Waals surface area contributed by atoms with Gasteiger partial charge in [0.05, 0.1) is 0 Å². The van der Waals surface area contributed by atoms with Crippen molar-refractivity contribution in [2.45, 2.75) is 39.0 Å². The Kier molecular flexibility index (Phi) is 3.32. The zero-order chi connectivity index (χ0) is 9.90. The molecule has 0 aliphatic rings. The topological polar surface area (TPSA) is 12.9 Å². The molecule has 72 valence electrons. The first kappa shape index (κ1) is 10.5. The fraction of sp³-hybridized carbons (Fsp3) is 0.545.